The maximum absolute atomic E-state index is 12.3. The Hall–Kier alpha value is -3.04. The molecule has 2 unspecified atom stereocenters. The van der Waals surface area contributed by atoms with Crippen LogP contribution in [0.15, 0.2) is 72.8 Å². The van der Waals surface area contributed by atoms with Crippen LogP contribution in [0.4, 0.5) is 9.59 Å². The Morgan fingerprint density at radius 2 is 0.893 bits per heavy atom. The van der Waals surface area contributed by atoms with E-state index < -0.39 is 40.2 Å². The number of hydrogen-bond donors (Lipinski definition) is 7. The number of piperidine rings is 3. The number of fused-ring (bicyclic) bond motifs is 1. The molecule has 3 aromatic rings. The smallest absolute Gasteiger partial charge is 0.410 e. The second kappa shape index (κ2) is 25.8. The fourth-order valence-electron chi connectivity index (χ4n) is 10.6. The van der Waals surface area contributed by atoms with Crippen molar-refractivity contribution in [2.24, 2.45) is 0 Å². The van der Waals surface area contributed by atoms with Gasteiger partial charge in [0.05, 0.1) is 54.7 Å². The van der Waals surface area contributed by atoms with Gasteiger partial charge in [-0.2, -0.15) is 0 Å². The molecular formula is C55H80Cl4N6O10. The Labute approximate surface area is 464 Å². The first-order valence-corrected chi connectivity index (χ1v) is 27.3. The van der Waals surface area contributed by atoms with E-state index in [9.17, 15) is 35.1 Å². The highest BCUT2D eigenvalue weighted by atomic mass is 35.5. The zero-order chi connectivity index (χ0) is 53.6. The molecule has 7 fully saturated rings. The number of carbonyl (C=O) groups is 2. The van der Waals surface area contributed by atoms with Crippen LogP contribution >= 0.6 is 47.2 Å². The van der Waals surface area contributed by atoms with Gasteiger partial charge in [0.2, 0.25) is 0 Å². The molecule has 6 atom stereocenters. The first-order valence-electron chi connectivity index (χ1n) is 26.1. The van der Waals surface area contributed by atoms with Crippen LogP contribution in [0.25, 0.3) is 0 Å². The molecular weight excluding hydrogens is 1050 g/mol. The van der Waals surface area contributed by atoms with Crippen molar-refractivity contribution in [2.45, 2.75) is 145 Å². The summed E-state index contributed by atoms with van der Waals surface area (Å²) in [5, 5.41) is 61.1. The molecule has 2 amide bonds. The van der Waals surface area contributed by atoms with Crippen molar-refractivity contribution in [3.63, 3.8) is 0 Å². The molecule has 0 bridgehead atoms. The van der Waals surface area contributed by atoms with Crippen LogP contribution in [0.2, 0.25) is 15.1 Å². The highest BCUT2D eigenvalue weighted by molar-refractivity contribution is 6.31. The summed E-state index contributed by atoms with van der Waals surface area (Å²) in [7, 11) is 0. The van der Waals surface area contributed by atoms with E-state index in [0.717, 1.165) is 62.3 Å². The third-order valence-corrected chi connectivity index (χ3v) is 15.7. The van der Waals surface area contributed by atoms with Crippen molar-refractivity contribution >= 4 is 59.4 Å². The van der Waals surface area contributed by atoms with Gasteiger partial charge in [-0.05, 0) is 146 Å². The van der Waals surface area contributed by atoms with Gasteiger partial charge in [0.15, 0.2) is 0 Å². The van der Waals surface area contributed by atoms with Crippen molar-refractivity contribution in [2.75, 3.05) is 78.5 Å². The fourth-order valence-corrected chi connectivity index (χ4v) is 10.9. The molecule has 0 aliphatic carbocycles. The van der Waals surface area contributed by atoms with Crippen LogP contribution in [0.5, 0.6) is 0 Å². The quantitative estimate of drug-likeness (QED) is 0.130. The summed E-state index contributed by atoms with van der Waals surface area (Å²) in [5.74, 6) is 0. The summed E-state index contributed by atoms with van der Waals surface area (Å²) in [6.45, 7) is 19.4. The van der Waals surface area contributed by atoms with Gasteiger partial charge < -0.3 is 60.2 Å². The fraction of sp³-hybridized carbons (Fsp3) is 0.636. The number of morpholine rings is 1. The summed E-state index contributed by atoms with van der Waals surface area (Å²) in [5.41, 5.74) is -0.474. The molecule has 3 aromatic carbocycles. The molecule has 418 valence electrons. The Bertz CT molecular complexity index is 2270. The number of benzene rings is 3. The van der Waals surface area contributed by atoms with E-state index in [2.05, 4.69) is 20.4 Å². The number of β-amino-alcohol motifs (C(OH)–C–C–N with tert-alkyl or cyclic N) is 2. The molecule has 7 aliphatic heterocycles. The minimum absolute atomic E-state index is 0. The largest absolute Gasteiger partial charge is 0.444 e. The minimum atomic E-state index is -0.879. The van der Waals surface area contributed by atoms with Gasteiger partial charge in [-0.25, -0.2) is 9.59 Å². The Morgan fingerprint density at radius 1 is 0.533 bits per heavy atom. The third kappa shape index (κ3) is 17.0. The highest BCUT2D eigenvalue weighted by Crippen LogP contribution is 2.37. The van der Waals surface area contributed by atoms with Crippen LogP contribution < -0.4 is 10.6 Å². The van der Waals surface area contributed by atoms with Crippen LogP contribution in [0.3, 0.4) is 0 Å². The standard InChI is InChI=1S/C20H29ClN2O4.C15H21ClN2O2.C11H14ClNO.C9H15NO3.ClH/c1-19(2,3)27-18(25)23-12-16(17(24)13-23)22-10-8-20(26,9-11-22)14-4-6-15(21)7-5-14;16-12-3-1-11(2-4-12)15(20)5-7-18(8-6-15)13-9-17-10-14(13)19;12-10-3-1-9(2-4-10)11(14)5-7-13-8-6-11;1-9(2,3)13-8(11)10-4-6-7(5-10)12-6;/h4-7,16-17,24,26H,8-13H2,1-3H3;1-4,13-14,17,19-20H,5-10H2;1-4,13-14H,5-8H2;6-7H,4-5H2,1-3H3;1H/t16-,17-;13-,14-;;;/m00.../s1. The van der Waals surface area contributed by atoms with E-state index in [1.165, 1.54) is 0 Å². The van der Waals surface area contributed by atoms with Crippen molar-refractivity contribution in [1.29, 1.82) is 0 Å². The molecule has 75 heavy (non-hydrogen) atoms. The third-order valence-electron chi connectivity index (χ3n) is 15.0. The predicted octanol–water partition coefficient (Wildman–Crippen LogP) is 6.90. The average Bonchev–Trinajstić information content (AvgIpc) is 3.59. The molecule has 0 saturated carbocycles. The summed E-state index contributed by atoms with van der Waals surface area (Å²) in [6, 6.07) is 22.3. The number of amides is 2. The van der Waals surface area contributed by atoms with Gasteiger partial charge in [0.25, 0.3) is 0 Å². The molecule has 16 nitrogen and oxygen atoms in total. The number of likely N-dealkylation sites (tertiary alicyclic amines) is 4. The Kier molecular flexibility index (Phi) is 21.1. The van der Waals surface area contributed by atoms with E-state index >= 15 is 0 Å². The lowest BCUT2D eigenvalue weighted by Gasteiger charge is -2.41. The SMILES string of the molecule is CC(C)(C)OC(=O)N1CC2OC2C1.CC(C)(C)OC(=O)N1C[C@H](O)[C@@H](N2CCC(O)(c3ccc(Cl)cc3)CC2)C1.Cl.OC1(c2ccc(Cl)cc2)CCNCC1.O[C@H]1CNC[C@@H]1N1CCC(O)(c2ccc(Cl)cc2)CC1. The number of nitrogens with zero attached hydrogens (tertiary/aromatic N) is 4. The number of aliphatic hydroxyl groups excluding tert-OH is 2. The molecule has 7 N–H and O–H groups in total. The van der Waals surface area contributed by atoms with Gasteiger partial charge in [-0.3, -0.25) is 9.80 Å². The monoisotopic (exact) mass is 1120 g/mol. The number of epoxide rings is 1. The number of hydrogen-bond acceptors (Lipinski definition) is 14. The van der Waals surface area contributed by atoms with E-state index in [1.54, 1.807) is 21.9 Å². The highest BCUT2D eigenvalue weighted by Gasteiger charge is 2.50. The maximum Gasteiger partial charge on any atom is 0.410 e. The van der Waals surface area contributed by atoms with E-state index in [-0.39, 0.29) is 55.4 Å². The molecule has 0 radical (unpaired) electrons. The zero-order valence-corrected chi connectivity index (χ0v) is 47.3. The average molecular weight is 1130 g/mol. The molecule has 7 saturated heterocycles. The number of rotatable bonds is 5. The van der Waals surface area contributed by atoms with Gasteiger partial charge in [-0.1, -0.05) is 71.2 Å². The molecule has 0 aromatic heterocycles. The second-order valence-electron chi connectivity index (χ2n) is 22.8. The lowest BCUT2D eigenvalue weighted by Crippen LogP contribution is -2.51. The van der Waals surface area contributed by atoms with Crippen LogP contribution in [-0.2, 0) is 31.0 Å². The van der Waals surface area contributed by atoms with Gasteiger partial charge in [0, 0.05) is 66.9 Å². The molecule has 10 rings (SSSR count). The number of ether oxygens (including phenoxy) is 3. The Balaban J connectivity index is 0.000000169. The zero-order valence-electron chi connectivity index (χ0n) is 44.2. The predicted molar refractivity (Wildman–Crippen MR) is 294 cm³/mol. The minimum Gasteiger partial charge on any atom is -0.444 e. The van der Waals surface area contributed by atoms with Gasteiger partial charge in [-0.15, -0.1) is 12.4 Å². The van der Waals surface area contributed by atoms with Crippen LogP contribution in [-0.4, -0.2) is 184 Å². The number of carbonyl (C=O) groups excluding carboxylic acids is 2. The lowest BCUT2D eigenvalue weighted by atomic mass is 9.84. The topological polar surface area (TPSA) is 203 Å². The van der Waals surface area contributed by atoms with Crippen molar-refractivity contribution in [3.8, 4) is 0 Å². The lowest BCUT2D eigenvalue weighted by molar-refractivity contribution is -0.0454. The van der Waals surface area contributed by atoms with Crippen LogP contribution in [0.1, 0.15) is 96.8 Å². The summed E-state index contributed by atoms with van der Waals surface area (Å²) in [4.78, 5) is 31.5. The van der Waals surface area contributed by atoms with E-state index in [1.807, 2.05) is 102 Å². The van der Waals surface area contributed by atoms with Crippen molar-refractivity contribution in [1.82, 2.24) is 30.2 Å². The first-order chi connectivity index (χ1) is 34.8. The van der Waals surface area contributed by atoms with Crippen LogP contribution in [0, 0.1) is 0 Å². The molecule has 20 heteroatoms. The number of halogens is 4. The number of nitrogens with one attached hydrogen (secondary N) is 2. The van der Waals surface area contributed by atoms with Gasteiger partial charge >= 0.3 is 12.2 Å². The summed E-state index contributed by atoms with van der Waals surface area (Å²) >= 11 is 17.6. The molecule has 7 heterocycles. The Morgan fingerprint density at radius 3 is 1.25 bits per heavy atom. The summed E-state index contributed by atoms with van der Waals surface area (Å²) < 4.78 is 15.8. The van der Waals surface area contributed by atoms with E-state index in [0.29, 0.717) is 80.0 Å². The molecule has 7 aliphatic rings. The molecule has 0 spiro atoms. The first kappa shape index (κ1) is 61.2. The van der Waals surface area contributed by atoms with Gasteiger partial charge in [0.1, 0.15) is 23.4 Å². The van der Waals surface area contributed by atoms with E-state index in [4.69, 9.17) is 49.0 Å². The number of aliphatic hydroxyl groups is 5. The maximum atomic E-state index is 12.3. The van der Waals surface area contributed by atoms with Crippen molar-refractivity contribution in [3.05, 3.63) is 105 Å². The normalized spacial score (nSPS) is 26.9. The van der Waals surface area contributed by atoms with Crippen molar-refractivity contribution < 1.29 is 49.3 Å². The summed E-state index contributed by atoms with van der Waals surface area (Å²) in [6.07, 6.45) is 3.13. The second-order valence-corrected chi connectivity index (χ2v) is 24.2.